The summed E-state index contributed by atoms with van der Waals surface area (Å²) in [5.74, 6) is -0.732. The first-order chi connectivity index (χ1) is 7.56. The van der Waals surface area contributed by atoms with E-state index in [0.717, 1.165) is 0 Å². The van der Waals surface area contributed by atoms with E-state index in [-0.39, 0.29) is 29.4 Å². The molecule has 16 heavy (non-hydrogen) atoms. The van der Waals surface area contributed by atoms with E-state index in [2.05, 4.69) is 5.32 Å². The van der Waals surface area contributed by atoms with Crippen LogP contribution in [0.15, 0.2) is 18.2 Å². The number of hydrogen-bond donors (Lipinski definition) is 2. The Morgan fingerprint density at radius 1 is 1.56 bits per heavy atom. The number of benzene rings is 1. The number of alkyl halides is 1. The highest BCUT2D eigenvalue weighted by atomic mass is 35.5. The van der Waals surface area contributed by atoms with Crippen LogP contribution in [0.1, 0.15) is 6.42 Å². The summed E-state index contributed by atoms with van der Waals surface area (Å²) in [6, 6.07) is 3.77. The zero-order chi connectivity index (χ0) is 12.1. The number of para-hydroxylation sites is 1. The molecule has 1 aromatic rings. The highest BCUT2D eigenvalue weighted by Crippen LogP contribution is 2.32. The molecule has 0 aliphatic rings. The SMILES string of the molecule is O=C(CCCl)Nc1c(O)cccc1[N+](=O)[O-]. The van der Waals surface area contributed by atoms with E-state index in [1.807, 2.05) is 0 Å². The van der Waals surface area contributed by atoms with Crippen LogP contribution in [0.25, 0.3) is 0 Å². The van der Waals surface area contributed by atoms with Crippen molar-refractivity contribution in [2.75, 3.05) is 11.2 Å². The van der Waals surface area contributed by atoms with Gasteiger partial charge in [-0.05, 0) is 6.07 Å². The largest absolute Gasteiger partial charge is 0.505 e. The molecule has 0 unspecified atom stereocenters. The smallest absolute Gasteiger partial charge is 0.296 e. The number of anilines is 1. The molecule has 0 atom stereocenters. The van der Waals surface area contributed by atoms with Crippen LogP contribution in [0.2, 0.25) is 0 Å². The maximum atomic E-state index is 11.2. The number of amides is 1. The molecule has 0 heterocycles. The van der Waals surface area contributed by atoms with Gasteiger partial charge in [0.1, 0.15) is 5.75 Å². The van der Waals surface area contributed by atoms with Crippen molar-refractivity contribution >= 4 is 28.9 Å². The van der Waals surface area contributed by atoms with Crippen LogP contribution >= 0.6 is 11.6 Å². The van der Waals surface area contributed by atoms with Crippen molar-refractivity contribution in [3.63, 3.8) is 0 Å². The van der Waals surface area contributed by atoms with Gasteiger partial charge in [-0.1, -0.05) is 6.07 Å². The summed E-state index contributed by atoms with van der Waals surface area (Å²) in [7, 11) is 0. The van der Waals surface area contributed by atoms with E-state index >= 15 is 0 Å². The summed E-state index contributed by atoms with van der Waals surface area (Å²) in [5, 5.41) is 22.3. The maximum absolute atomic E-state index is 11.2. The van der Waals surface area contributed by atoms with E-state index in [4.69, 9.17) is 11.6 Å². The fourth-order valence-corrected chi connectivity index (χ4v) is 1.27. The molecule has 0 aromatic heterocycles. The van der Waals surface area contributed by atoms with Crippen molar-refractivity contribution in [1.29, 1.82) is 0 Å². The Balaban J connectivity index is 3.01. The van der Waals surface area contributed by atoms with Crippen molar-refractivity contribution < 1.29 is 14.8 Å². The average Bonchev–Trinajstić information content (AvgIpc) is 2.21. The molecule has 0 radical (unpaired) electrons. The van der Waals surface area contributed by atoms with Crippen LogP contribution in [0, 0.1) is 10.1 Å². The molecule has 1 amide bonds. The normalized spacial score (nSPS) is 9.81. The third kappa shape index (κ3) is 2.83. The fraction of sp³-hybridized carbons (Fsp3) is 0.222. The lowest BCUT2D eigenvalue weighted by molar-refractivity contribution is -0.384. The molecule has 86 valence electrons. The third-order valence-corrected chi connectivity index (χ3v) is 1.99. The molecule has 0 bridgehead atoms. The van der Waals surface area contributed by atoms with Crippen LogP contribution in [-0.2, 0) is 4.79 Å². The van der Waals surface area contributed by atoms with Gasteiger partial charge in [0.2, 0.25) is 5.91 Å². The quantitative estimate of drug-likeness (QED) is 0.366. The second kappa shape index (κ2) is 5.32. The Morgan fingerprint density at radius 3 is 2.81 bits per heavy atom. The number of carbonyl (C=O) groups is 1. The number of carbonyl (C=O) groups excluding carboxylic acids is 1. The molecule has 0 spiro atoms. The first-order valence-electron chi connectivity index (χ1n) is 4.38. The maximum Gasteiger partial charge on any atom is 0.296 e. The summed E-state index contributed by atoms with van der Waals surface area (Å²) in [6.45, 7) is 0. The first-order valence-corrected chi connectivity index (χ1v) is 4.92. The minimum atomic E-state index is -0.684. The van der Waals surface area contributed by atoms with Crippen molar-refractivity contribution in [3.05, 3.63) is 28.3 Å². The van der Waals surface area contributed by atoms with E-state index in [9.17, 15) is 20.0 Å². The van der Waals surface area contributed by atoms with Crippen LogP contribution in [0.3, 0.4) is 0 Å². The molecular weight excluding hydrogens is 236 g/mol. The number of nitro benzene ring substituents is 1. The lowest BCUT2D eigenvalue weighted by Gasteiger charge is -2.06. The summed E-state index contributed by atoms with van der Waals surface area (Å²) >= 11 is 5.35. The number of phenols is 1. The highest BCUT2D eigenvalue weighted by Gasteiger charge is 2.18. The molecule has 7 heteroatoms. The molecule has 1 rings (SSSR count). The van der Waals surface area contributed by atoms with Crippen LogP contribution in [-0.4, -0.2) is 21.8 Å². The van der Waals surface area contributed by atoms with Gasteiger partial charge in [0.25, 0.3) is 5.69 Å². The average molecular weight is 245 g/mol. The minimum Gasteiger partial charge on any atom is -0.505 e. The molecule has 0 saturated heterocycles. The Labute approximate surface area is 96.0 Å². The Bertz CT molecular complexity index is 422. The van der Waals surface area contributed by atoms with Crippen LogP contribution < -0.4 is 5.32 Å². The zero-order valence-corrected chi connectivity index (χ0v) is 8.90. The summed E-state index contributed by atoms with van der Waals surface area (Å²) in [5.41, 5.74) is -0.564. The van der Waals surface area contributed by atoms with Crippen molar-refractivity contribution in [1.82, 2.24) is 0 Å². The van der Waals surface area contributed by atoms with Gasteiger partial charge < -0.3 is 10.4 Å². The predicted molar refractivity (Wildman–Crippen MR) is 58.7 cm³/mol. The lowest BCUT2D eigenvalue weighted by Crippen LogP contribution is -2.13. The standard InChI is InChI=1S/C9H9ClN2O4/c10-5-4-8(14)11-9-6(12(15)16)2-1-3-7(9)13/h1-3,13H,4-5H2,(H,11,14). The van der Waals surface area contributed by atoms with Crippen LogP contribution in [0.5, 0.6) is 5.75 Å². The second-order valence-electron chi connectivity index (χ2n) is 2.92. The number of aromatic hydroxyl groups is 1. The predicted octanol–water partition coefficient (Wildman–Crippen LogP) is 1.87. The molecule has 0 aliphatic heterocycles. The monoisotopic (exact) mass is 244 g/mol. The van der Waals surface area contributed by atoms with Crippen LogP contribution in [0.4, 0.5) is 11.4 Å². The molecule has 0 saturated carbocycles. The molecule has 6 nitrogen and oxygen atoms in total. The van der Waals surface area contributed by atoms with Crippen molar-refractivity contribution in [2.45, 2.75) is 6.42 Å². The zero-order valence-electron chi connectivity index (χ0n) is 8.14. The van der Waals surface area contributed by atoms with Gasteiger partial charge in [0.05, 0.1) is 4.92 Å². The van der Waals surface area contributed by atoms with E-state index < -0.39 is 10.8 Å². The first kappa shape index (κ1) is 12.3. The Kier molecular flexibility index (Phi) is 4.07. The lowest BCUT2D eigenvalue weighted by atomic mass is 10.2. The topological polar surface area (TPSA) is 92.5 Å². The van der Waals surface area contributed by atoms with Gasteiger partial charge >= 0.3 is 0 Å². The summed E-state index contributed by atoms with van der Waals surface area (Å²) in [6.07, 6.45) is 0.0209. The van der Waals surface area contributed by atoms with Gasteiger partial charge in [0, 0.05) is 18.4 Å². The Hall–Kier alpha value is -1.82. The number of nitrogens with one attached hydrogen (secondary N) is 1. The second-order valence-corrected chi connectivity index (χ2v) is 3.29. The van der Waals surface area contributed by atoms with Gasteiger partial charge in [0.15, 0.2) is 5.69 Å². The third-order valence-electron chi connectivity index (χ3n) is 1.80. The van der Waals surface area contributed by atoms with E-state index in [1.165, 1.54) is 18.2 Å². The van der Waals surface area contributed by atoms with E-state index in [1.54, 1.807) is 0 Å². The summed E-state index contributed by atoms with van der Waals surface area (Å²) < 4.78 is 0. The number of phenolic OH excluding ortho intramolecular Hbond substituents is 1. The number of rotatable bonds is 4. The molecular formula is C9H9ClN2O4. The van der Waals surface area contributed by atoms with Gasteiger partial charge in [-0.25, -0.2) is 0 Å². The number of nitrogens with zero attached hydrogens (tertiary/aromatic N) is 1. The number of nitro groups is 1. The van der Waals surface area contributed by atoms with Crippen molar-refractivity contribution in [3.8, 4) is 5.75 Å². The summed E-state index contributed by atoms with van der Waals surface area (Å²) in [4.78, 5) is 21.2. The van der Waals surface area contributed by atoms with Gasteiger partial charge in [-0.3, -0.25) is 14.9 Å². The van der Waals surface area contributed by atoms with Gasteiger partial charge in [-0.15, -0.1) is 11.6 Å². The van der Waals surface area contributed by atoms with Crippen molar-refractivity contribution in [2.24, 2.45) is 0 Å². The highest BCUT2D eigenvalue weighted by molar-refractivity contribution is 6.19. The molecule has 1 aromatic carbocycles. The molecule has 0 aliphatic carbocycles. The number of hydrogen-bond acceptors (Lipinski definition) is 4. The molecule has 0 fully saturated rings. The Morgan fingerprint density at radius 2 is 2.25 bits per heavy atom. The van der Waals surface area contributed by atoms with E-state index in [0.29, 0.717) is 0 Å². The van der Waals surface area contributed by atoms with Gasteiger partial charge in [-0.2, -0.15) is 0 Å². The minimum absolute atomic E-state index is 0.0209. The fourth-order valence-electron chi connectivity index (χ4n) is 1.10. The molecule has 2 N–H and O–H groups in total. The number of halogens is 1.